The van der Waals surface area contributed by atoms with Gasteiger partial charge in [-0.3, -0.25) is 4.90 Å². The van der Waals surface area contributed by atoms with Crippen LogP contribution in [0.5, 0.6) is 0 Å². The van der Waals surface area contributed by atoms with E-state index in [1.54, 1.807) is 0 Å². The van der Waals surface area contributed by atoms with Crippen LogP contribution in [0.3, 0.4) is 0 Å². The Morgan fingerprint density at radius 1 is 1.33 bits per heavy atom. The second-order valence-corrected chi connectivity index (χ2v) is 8.23. The van der Waals surface area contributed by atoms with Gasteiger partial charge in [-0.25, -0.2) is 13.1 Å². The summed E-state index contributed by atoms with van der Waals surface area (Å²) < 4.78 is 26.5. The minimum Gasteiger partial charge on any atom is -0.314 e. The van der Waals surface area contributed by atoms with Gasteiger partial charge in [0.15, 0.2) is 0 Å². The maximum atomic E-state index is 11.9. The zero-order valence-corrected chi connectivity index (χ0v) is 12.4. The fraction of sp³-hybridized carbons (Fsp3) is 1.00. The van der Waals surface area contributed by atoms with Gasteiger partial charge in [-0.1, -0.05) is 0 Å². The quantitative estimate of drug-likeness (QED) is 0.704. The summed E-state index contributed by atoms with van der Waals surface area (Å²) in [5.41, 5.74) is 0. The summed E-state index contributed by atoms with van der Waals surface area (Å²) in [5.74, 6) is 1.40. The van der Waals surface area contributed by atoms with Crippen LogP contribution in [0.25, 0.3) is 0 Å². The Balaban J connectivity index is 1.66. The van der Waals surface area contributed by atoms with Crippen LogP contribution in [0, 0.1) is 0 Å². The molecule has 2 heterocycles. The molecule has 7 heteroatoms. The molecule has 5 nitrogen and oxygen atoms in total. The second-order valence-electron chi connectivity index (χ2n) is 4.89. The lowest BCUT2D eigenvalue weighted by Crippen LogP contribution is -2.46. The number of hydrogen-bond acceptors (Lipinski definition) is 5. The molecule has 0 amide bonds. The molecule has 2 aliphatic heterocycles. The number of nitrogens with zero attached hydrogens (tertiary/aromatic N) is 1. The van der Waals surface area contributed by atoms with Gasteiger partial charge in [0.05, 0.1) is 5.75 Å². The molecule has 2 fully saturated rings. The smallest absolute Gasteiger partial charge is 0.212 e. The Bertz CT molecular complexity index is 336. The number of sulfonamides is 1. The van der Waals surface area contributed by atoms with Crippen molar-refractivity contribution in [2.45, 2.75) is 18.1 Å². The number of hydrogen-bond donors (Lipinski definition) is 2. The molecule has 2 N–H and O–H groups in total. The third-order valence-electron chi connectivity index (χ3n) is 3.44. The molecule has 0 aliphatic carbocycles. The predicted molar refractivity (Wildman–Crippen MR) is 76.6 cm³/mol. The van der Waals surface area contributed by atoms with E-state index >= 15 is 0 Å². The van der Waals surface area contributed by atoms with Crippen LogP contribution in [0.15, 0.2) is 0 Å². The maximum absolute atomic E-state index is 11.9. The van der Waals surface area contributed by atoms with Crippen molar-refractivity contribution in [3.8, 4) is 0 Å². The van der Waals surface area contributed by atoms with Crippen molar-refractivity contribution in [2.75, 3.05) is 50.8 Å². The zero-order chi connectivity index (χ0) is 12.8. The summed E-state index contributed by atoms with van der Waals surface area (Å²) in [4.78, 5) is 2.21. The first-order valence-corrected chi connectivity index (χ1v) is 9.38. The van der Waals surface area contributed by atoms with Crippen LogP contribution >= 0.6 is 11.8 Å². The maximum Gasteiger partial charge on any atom is 0.212 e. The topological polar surface area (TPSA) is 61.4 Å². The fourth-order valence-corrected chi connectivity index (χ4v) is 4.69. The molecule has 2 saturated heterocycles. The standard InChI is InChI=1S/C11H23N3O2S2/c15-18(16,13-10-11-2-1-8-17-11)9-7-14-5-3-12-4-6-14/h11-13H,1-10H2. The molecule has 2 aliphatic rings. The van der Waals surface area contributed by atoms with E-state index in [2.05, 4.69) is 14.9 Å². The Morgan fingerprint density at radius 2 is 2.11 bits per heavy atom. The zero-order valence-electron chi connectivity index (χ0n) is 10.7. The number of nitrogens with one attached hydrogen (secondary N) is 2. The first-order chi connectivity index (χ1) is 8.66. The molecule has 0 aromatic carbocycles. The average molecular weight is 293 g/mol. The highest BCUT2D eigenvalue weighted by Gasteiger charge is 2.19. The minimum atomic E-state index is -3.09. The van der Waals surface area contributed by atoms with Crippen LogP contribution in [0.4, 0.5) is 0 Å². The fourth-order valence-electron chi connectivity index (χ4n) is 2.28. The largest absolute Gasteiger partial charge is 0.314 e. The highest BCUT2D eigenvalue weighted by molar-refractivity contribution is 8.00. The van der Waals surface area contributed by atoms with Gasteiger partial charge in [-0.15, -0.1) is 0 Å². The SMILES string of the molecule is O=S(=O)(CCN1CCNCC1)NCC1CCCS1. The second kappa shape index (κ2) is 7.09. The van der Waals surface area contributed by atoms with Gasteiger partial charge >= 0.3 is 0 Å². The summed E-state index contributed by atoms with van der Waals surface area (Å²) in [7, 11) is -3.09. The normalized spacial score (nSPS) is 26.6. The molecule has 0 radical (unpaired) electrons. The van der Waals surface area contributed by atoms with Gasteiger partial charge in [0, 0.05) is 44.5 Å². The third kappa shape index (κ3) is 5.05. The molecule has 2 rings (SSSR count). The van der Waals surface area contributed by atoms with Crippen molar-refractivity contribution < 1.29 is 8.42 Å². The van der Waals surface area contributed by atoms with E-state index in [1.807, 2.05) is 11.8 Å². The highest BCUT2D eigenvalue weighted by Crippen LogP contribution is 2.25. The molecule has 0 spiro atoms. The van der Waals surface area contributed by atoms with E-state index in [0.717, 1.165) is 32.6 Å². The summed E-state index contributed by atoms with van der Waals surface area (Å²) in [6, 6.07) is 0. The first kappa shape index (κ1) is 14.6. The highest BCUT2D eigenvalue weighted by atomic mass is 32.2. The van der Waals surface area contributed by atoms with Gasteiger partial charge in [-0.05, 0) is 18.6 Å². The van der Waals surface area contributed by atoms with Gasteiger partial charge in [-0.2, -0.15) is 11.8 Å². The summed E-state index contributed by atoms with van der Waals surface area (Å²) >= 11 is 1.88. The summed E-state index contributed by atoms with van der Waals surface area (Å²) in [5, 5.41) is 3.75. The summed E-state index contributed by atoms with van der Waals surface area (Å²) in [6.07, 6.45) is 2.36. The average Bonchev–Trinajstić information content (AvgIpc) is 2.89. The molecule has 0 bridgehead atoms. The number of piperazine rings is 1. The van der Waals surface area contributed by atoms with Crippen molar-refractivity contribution in [3.63, 3.8) is 0 Å². The van der Waals surface area contributed by atoms with Gasteiger partial charge in [0.25, 0.3) is 0 Å². The van der Waals surface area contributed by atoms with Crippen LogP contribution in [-0.2, 0) is 10.0 Å². The molecule has 0 saturated carbocycles. The molecular formula is C11H23N3O2S2. The van der Waals surface area contributed by atoms with Crippen molar-refractivity contribution >= 4 is 21.8 Å². The number of thioether (sulfide) groups is 1. The Hall–Kier alpha value is 0.180. The van der Waals surface area contributed by atoms with Crippen molar-refractivity contribution in [1.29, 1.82) is 0 Å². The lowest BCUT2D eigenvalue weighted by Gasteiger charge is -2.26. The van der Waals surface area contributed by atoms with E-state index in [0.29, 0.717) is 18.3 Å². The Kier molecular flexibility index (Phi) is 5.75. The van der Waals surface area contributed by atoms with Gasteiger partial charge in [0.2, 0.25) is 10.0 Å². The molecule has 1 atom stereocenters. The van der Waals surface area contributed by atoms with Gasteiger partial charge < -0.3 is 5.32 Å². The molecule has 18 heavy (non-hydrogen) atoms. The van der Waals surface area contributed by atoms with Crippen molar-refractivity contribution in [1.82, 2.24) is 14.9 Å². The van der Waals surface area contributed by atoms with Crippen molar-refractivity contribution in [3.05, 3.63) is 0 Å². The minimum absolute atomic E-state index is 0.227. The predicted octanol–water partition coefficient (Wildman–Crippen LogP) is -0.293. The molecule has 1 unspecified atom stereocenters. The molecule has 0 aromatic rings. The Morgan fingerprint density at radius 3 is 2.78 bits per heavy atom. The van der Waals surface area contributed by atoms with E-state index in [1.165, 1.54) is 12.2 Å². The van der Waals surface area contributed by atoms with Crippen LogP contribution in [-0.4, -0.2) is 69.3 Å². The van der Waals surface area contributed by atoms with E-state index in [9.17, 15) is 8.42 Å². The van der Waals surface area contributed by atoms with Crippen molar-refractivity contribution in [2.24, 2.45) is 0 Å². The monoisotopic (exact) mass is 293 g/mol. The number of rotatable bonds is 6. The summed E-state index contributed by atoms with van der Waals surface area (Å²) in [6.45, 7) is 5.09. The van der Waals surface area contributed by atoms with Crippen LogP contribution in [0.1, 0.15) is 12.8 Å². The van der Waals surface area contributed by atoms with E-state index < -0.39 is 10.0 Å². The van der Waals surface area contributed by atoms with Gasteiger partial charge in [0.1, 0.15) is 0 Å². The molecular weight excluding hydrogens is 270 g/mol. The van der Waals surface area contributed by atoms with E-state index in [4.69, 9.17) is 0 Å². The Labute approximate surface area is 114 Å². The molecule has 106 valence electrons. The van der Waals surface area contributed by atoms with Crippen LogP contribution in [0.2, 0.25) is 0 Å². The van der Waals surface area contributed by atoms with Crippen LogP contribution < -0.4 is 10.0 Å². The lowest BCUT2D eigenvalue weighted by molar-refractivity contribution is 0.253. The molecule has 0 aromatic heterocycles. The van der Waals surface area contributed by atoms with E-state index in [-0.39, 0.29) is 5.75 Å². The first-order valence-electron chi connectivity index (χ1n) is 6.68. The third-order valence-corrected chi connectivity index (χ3v) is 6.17. The lowest BCUT2D eigenvalue weighted by atomic mass is 10.2.